The van der Waals surface area contributed by atoms with Crippen LogP contribution in [-0.2, 0) is 11.3 Å². The molecule has 17 heavy (non-hydrogen) atoms. The van der Waals surface area contributed by atoms with Gasteiger partial charge in [0.1, 0.15) is 0 Å². The number of morpholine rings is 1. The Morgan fingerprint density at radius 2 is 2.35 bits per heavy atom. The molecular formula is C13H19ClN2O. The molecule has 3 nitrogen and oxygen atoms in total. The van der Waals surface area contributed by atoms with Crippen LogP contribution >= 0.6 is 11.6 Å². The van der Waals surface area contributed by atoms with E-state index in [1.54, 1.807) is 0 Å². The zero-order chi connectivity index (χ0) is 12.3. The van der Waals surface area contributed by atoms with Crippen LogP contribution in [0.15, 0.2) is 18.2 Å². The van der Waals surface area contributed by atoms with Crippen LogP contribution in [0.4, 0.5) is 5.69 Å². The van der Waals surface area contributed by atoms with Crippen LogP contribution in [0.5, 0.6) is 0 Å². The molecule has 1 aromatic carbocycles. The van der Waals surface area contributed by atoms with Crippen LogP contribution < -0.4 is 10.6 Å². The molecule has 2 rings (SSSR count). The molecule has 1 fully saturated rings. The lowest BCUT2D eigenvalue weighted by atomic mass is 10.1. The van der Waals surface area contributed by atoms with Gasteiger partial charge in [-0.2, -0.15) is 0 Å². The van der Waals surface area contributed by atoms with Gasteiger partial charge in [-0.05, 0) is 30.2 Å². The van der Waals surface area contributed by atoms with Crippen molar-refractivity contribution in [2.75, 3.05) is 24.7 Å². The molecule has 1 heterocycles. The molecule has 1 unspecified atom stereocenters. The number of anilines is 1. The molecule has 1 saturated heterocycles. The van der Waals surface area contributed by atoms with Crippen molar-refractivity contribution in [2.24, 2.45) is 5.73 Å². The summed E-state index contributed by atoms with van der Waals surface area (Å²) in [7, 11) is 0. The van der Waals surface area contributed by atoms with E-state index in [4.69, 9.17) is 22.1 Å². The topological polar surface area (TPSA) is 38.5 Å². The van der Waals surface area contributed by atoms with Gasteiger partial charge in [0.05, 0.1) is 19.3 Å². The van der Waals surface area contributed by atoms with Crippen molar-refractivity contribution < 1.29 is 4.74 Å². The maximum absolute atomic E-state index is 6.01. The van der Waals surface area contributed by atoms with Gasteiger partial charge in [-0.25, -0.2) is 0 Å². The molecule has 1 aliphatic heterocycles. The van der Waals surface area contributed by atoms with E-state index in [2.05, 4.69) is 17.9 Å². The van der Waals surface area contributed by atoms with Gasteiger partial charge in [0, 0.05) is 23.8 Å². The van der Waals surface area contributed by atoms with Crippen LogP contribution in [0.25, 0.3) is 0 Å². The minimum atomic E-state index is 0.440. The lowest BCUT2D eigenvalue weighted by Crippen LogP contribution is -2.45. The third-order valence-electron chi connectivity index (χ3n) is 3.27. The van der Waals surface area contributed by atoms with Crippen LogP contribution in [0.3, 0.4) is 0 Å². The Bertz CT molecular complexity index is 384. The number of hydrogen-bond acceptors (Lipinski definition) is 3. The third-order valence-corrected chi connectivity index (χ3v) is 3.50. The van der Waals surface area contributed by atoms with E-state index in [9.17, 15) is 0 Å². The minimum absolute atomic E-state index is 0.440. The summed E-state index contributed by atoms with van der Waals surface area (Å²) in [5.74, 6) is 0. The fraction of sp³-hybridized carbons (Fsp3) is 0.538. The van der Waals surface area contributed by atoms with E-state index in [1.807, 2.05) is 12.1 Å². The molecule has 2 N–H and O–H groups in total. The maximum Gasteiger partial charge on any atom is 0.0670 e. The molecule has 1 aromatic rings. The first-order chi connectivity index (χ1) is 8.26. The van der Waals surface area contributed by atoms with Crippen molar-refractivity contribution in [3.05, 3.63) is 28.8 Å². The monoisotopic (exact) mass is 254 g/mol. The quantitative estimate of drug-likeness (QED) is 0.900. The third kappa shape index (κ3) is 2.73. The molecule has 0 saturated carbocycles. The second-order valence-electron chi connectivity index (χ2n) is 4.31. The normalized spacial score (nSPS) is 20.6. The highest BCUT2D eigenvalue weighted by atomic mass is 35.5. The van der Waals surface area contributed by atoms with E-state index in [-0.39, 0.29) is 0 Å². The first-order valence-electron chi connectivity index (χ1n) is 6.09. The summed E-state index contributed by atoms with van der Waals surface area (Å²) in [5.41, 5.74) is 8.11. The van der Waals surface area contributed by atoms with Crippen molar-refractivity contribution in [2.45, 2.75) is 25.9 Å². The maximum atomic E-state index is 6.01. The summed E-state index contributed by atoms with van der Waals surface area (Å²) >= 11 is 6.01. The fourth-order valence-electron chi connectivity index (χ4n) is 2.31. The van der Waals surface area contributed by atoms with Gasteiger partial charge in [-0.3, -0.25) is 0 Å². The summed E-state index contributed by atoms with van der Waals surface area (Å²) in [5, 5.41) is 0.746. The van der Waals surface area contributed by atoms with Crippen LogP contribution in [0.2, 0.25) is 5.02 Å². The zero-order valence-electron chi connectivity index (χ0n) is 10.2. The Morgan fingerprint density at radius 3 is 3.06 bits per heavy atom. The average molecular weight is 255 g/mol. The molecule has 1 aliphatic rings. The smallest absolute Gasteiger partial charge is 0.0670 e. The molecule has 1 atom stereocenters. The Balaban J connectivity index is 2.30. The predicted molar refractivity (Wildman–Crippen MR) is 71.6 cm³/mol. The van der Waals surface area contributed by atoms with Gasteiger partial charge < -0.3 is 15.4 Å². The van der Waals surface area contributed by atoms with E-state index >= 15 is 0 Å². The Kier molecular flexibility index (Phi) is 4.26. The van der Waals surface area contributed by atoms with Gasteiger partial charge in [-0.1, -0.05) is 18.5 Å². The van der Waals surface area contributed by atoms with Crippen LogP contribution in [0, 0.1) is 0 Å². The van der Waals surface area contributed by atoms with Crippen molar-refractivity contribution >= 4 is 17.3 Å². The lowest BCUT2D eigenvalue weighted by molar-refractivity contribution is 0.0929. The lowest BCUT2D eigenvalue weighted by Gasteiger charge is -2.38. The molecule has 0 amide bonds. The van der Waals surface area contributed by atoms with E-state index in [1.165, 1.54) is 5.69 Å². The highest BCUT2D eigenvalue weighted by Gasteiger charge is 2.23. The first-order valence-corrected chi connectivity index (χ1v) is 6.47. The van der Waals surface area contributed by atoms with Crippen molar-refractivity contribution in [3.8, 4) is 0 Å². The zero-order valence-corrected chi connectivity index (χ0v) is 10.9. The number of halogens is 1. The van der Waals surface area contributed by atoms with Gasteiger partial charge >= 0.3 is 0 Å². The van der Waals surface area contributed by atoms with Crippen molar-refractivity contribution in [1.29, 1.82) is 0 Å². The Morgan fingerprint density at radius 1 is 1.53 bits per heavy atom. The number of hydrogen-bond donors (Lipinski definition) is 1. The van der Waals surface area contributed by atoms with Crippen molar-refractivity contribution in [1.82, 2.24) is 0 Å². The summed E-state index contributed by atoms with van der Waals surface area (Å²) in [6.07, 6.45) is 1.08. The standard InChI is InChI=1S/C13H19ClN2O/c1-2-12-9-17-6-5-16(12)13-4-3-11(14)7-10(13)8-15/h3-4,7,12H,2,5-6,8-9,15H2,1H3. The molecule has 4 heteroatoms. The summed E-state index contributed by atoms with van der Waals surface area (Å²) < 4.78 is 5.52. The molecule has 0 radical (unpaired) electrons. The molecule has 0 bridgehead atoms. The predicted octanol–water partition coefficient (Wildman–Crippen LogP) is 2.41. The number of nitrogens with zero attached hydrogens (tertiary/aromatic N) is 1. The number of rotatable bonds is 3. The first kappa shape index (κ1) is 12.7. The van der Waals surface area contributed by atoms with Gasteiger partial charge in [0.15, 0.2) is 0 Å². The number of nitrogens with two attached hydrogens (primary N) is 1. The van der Waals surface area contributed by atoms with Crippen LogP contribution in [-0.4, -0.2) is 25.8 Å². The van der Waals surface area contributed by atoms with E-state index in [0.29, 0.717) is 12.6 Å². The Labute approximate surface area is 107 Å². The van der Waals surface area contributed by atoms with Gasteiger partial charge in [-0.15, -0.1) is 0 Å². The van der Waals surface area contributed by atoms with Gasteiger partial charge in [0.25, 0.3) is 0 Å². The van der Waals surface area contributed by atoms with Gasteiger partial charge in [0.2, 0.25) is 0 Å². The van der Waals surface area contributed by atoms with Crippen molar-refractivity contribution in [3.63, 3.8) is 0 Å². The molecule has 0 aliphatic carbocycles. The second kappa shape index (κ2) is 5.71. The Hall–Kier alpha value is -0.770. The second-order valence-corrected chi connectivity index (χ2v) is 4.74. The fourth-order valence-corrected chi connectivity index (χ4v) is 2.50. The SMILES string of the molecule is CCC1COCCN1c1ccc(Cl)cc1CN. The number of ether oxygens (including phenoxy) is 1. The summed E-state index contributed by atoms with van der Waals surface area (Å²) in [6, 6.07) is 6.39. The van der Waals surface area contributed by atoms with Crippen LogP contribution in [0.1, 0.15) is 18.9 Å². The van der Waals surface area contributed by atoms with E-state index in [0.717, 1.165) is 36.8 Å². The highest BCUT2D eigenvalue weighted by Crippen LogP contribution is 2.27. The summed E-state index contributed by atoms with van der Waals surface area (Å²) in [6.45, 7) is 5.20. The largest absolute Gasteiger partial charge is 0.377 e. The molecule has 0 spiro atoms. The number of benzene rings is 1. The highest BCUT2D eigenvalue weighted by molar-refractivity contribution is 6.30. The minimum Gasteiger partial charge on any atom is -0.377 e. The average Bonchev–Trinajstić information content (AvgIpc) is 2.38. The summed E-state index contributed by atoms with van der Waals surface area (Å²) in [4.78, 5) is 2.39. The molecule has 94 valence electrons. The molecular weight excluding hydrogens is 236 g/mol. The molecule has 0 aromatic heterocycles. The van der Waals surface area contributed by atoms with E-state index < -0.39 is 0 Å².